The number of hydrogen-bond donors (Lipinski definition) is 4. The maximum atomic E-state index is 9.22. The average molecular weight is 204 g/mol. The molecule has 1 aromatic rings. The zero-order valence-electron chi connectivity index (χ0n) is 6.80. The van der Waals surface area contributed by atoms with Crippen LogP contribution < -0.4 is 4.52 Å². The Balaban J connectivity index is 3.06. The largest absolute Gasteiger partial charge is 0.508 e. The third kappa shape index (κ3) is 2.45. The van der Waals surface area contributed by atoms with Crippen LogP contribution in [0.2, 0.25) is 0 Å². The van der Waals surface area contributed by atoms with Crippen LogP contribution in [-0.4, -0.2) is 20.0 Å². The van der Waals surface area contributed by atoms with Crippen molar-refractivity contribution in [1.29, 1.82) is 0 Å². The average Bonchev–Trinajstić information content (AvgIpc) is 1.96. The Kier molecular flexibility index (Phi) is 2.93. The van der Waals surface area contributed by atoms with Gasteiger partial charge in [-0.15, -0.1) is 0 Å². The van der Waals surface area contributed by atoms with Crippen molar-refractivity contribution in [2.45, 2.75) is 6.92 Å². The van der Waals surface area contributed by atoms with Gasteiger partial charge in [0.05, 0.1) is 0 Å². The maximum Gasteiger partial charge on any atom is 0.391 e. The number of aryl methyl sites for hydroxylation is 1. The molecule has 0 unspecified atom stereocenters. The van der Waals surface area contributed by atoms with Gasteiger partial charge in [-0.2, -0.15) is 0 Å². The van der Waals surface area contributed by atoms with E-state index in [1.165, 1.54) is 6.07 Å². The predicted octanol–water partition coefficient (Wildman–Crippen LogP) is 0.997. The monoisotopic (exact) mass is 204 g/mol. The van der Waals surface area contributed by atoms with Gasteiger partial charge in [-0.05, 0) is 18.6 Å². The highest BCUT2D eigenvalue weighted by molar-refractivity contribution is 7.39. The Hall–Kier alpha value is -1.03. The molecule has 1 aromatic carbocycles. The maximum absolute atomic E-state index is 9.22. The van der Waals surface area contributed by atoms with E-state index >= 15 is 0 Å². The first-order chi connectivity index (χ1) is 6.00. The minimum absolute atomic E-state index is 0.0334. The third-order valence-electron chi connectivity index (χ3n) is 1.41. The van der Waals surface area contributed by atoms with Crippen LogP contribution in [0, 0.1) is 6.92 Å². The van der Waals surface area contributed by atoms with E-state index in [9.17, 15) is 5.11 Å². The Morgan fingerprint density at radius 1 is 1.23 bits per heavy atom. The highest BCUT2D eigenvalue weighted by atomic mass is 31.2. The summed E-state index contributed by atoms with van der Waals surface area (Å²) in [7, 11) is -2.56. The molecule has 13 heavy (non-hydrogen) atoms. The number of phenols is 2. The third-order valence-corrected chi connectivity index (χ3v) is 1.76. The predicted molar refractivity (Wildman–Crippen MR) is 46.5 cm³/mol. The molecule has 0 saturated carbocycles. The second kappa shape index (κ2) is 3.79. The Labute approximate surface area is 75.8 Å². The lowest BCUT2D eigenvalue weighted by Gasteiger charge is -2.10. The lowest BCUT2D eigenvalue weighted by Crippen LogP contribution is -1.89. The molecule has 0 fully saturated rings. The second-order valence-electron chi connectivity index (χ2n) is 2.45. The van der Waals surface area contributed by atoms with Crippen molar-refractivity contribution >= 4 is 8.60 Å². The van der Waals surface area contributed by atoms with E-state index in [1.807, 2.05) is 0 Å². The molecule has 5 nitrogen and oxygen atoms in total. The molecule has 0 radical (unpaired) electrons. The van der Waals surface area contributed by atoms with E-state index in [-0.39, 0.29) is 17.2 Å². The first-order valence-electron chi connectivity index (χ1n) is 3.39. The molecule has 0 aliphatic rings. The fourth-order valence-corrected chi connectivity index (χ4v) is 1.34. The van der Waals surface area contributed by atoms with Crippen LogP contribution >= 0.6 is 8.60 Å². The topological polar surface area (TPSA) is 90.2 Å². The molecule has 0 bridgehead atoms. The van der Waals surface area contributed by atoms with Crippen LogP contribution in [0.5, 0.6) is 17.2 Å². The smallest absolute Gasteiger partial charge is 0.391 e. The molecule has 0 aliphatic carbocycles. The molecule has 0 atom stereocenters. The van der Waals surface area contributed by atoms with E-state index in [1.54, 1.807) is 6.92 Å². The van der Waals surface area contributed by atoms with Crippen LogP contribution in [0.25, 0.3) is 0 Å². The summed E-state index contributed by atoms with van der Waals surface area (Å²) < 4.78 is 4.55. The molecular formula is C7H9O5P. The molecule has 0 aromatic heterocycles. The Morgan fingerprint density at radius 2 is 1.85 bits per heavy atom. The summed E-state index contributed by atoms with van der Waals surface area (Å²) in [6.07, 6.45) is 0. The van der Waals surface area contributed by atoms with Crippen LogP contribution in [0.15, 0.2) is 12.1 Å². The SMILES string of the molecule is Cc1cc(O)cc(O)c1OP(O)O. The zero-order valence-corrected chi connectivity index (χ0v) is 7.69. The summed E-state index contributed by atoms with van der Waals surface area (Å²) in [6, 6.07) is 2.40. The molecule has 72 valence electrons. The van der Waals surface area contributed by atoms with Gasteiger partial charge in [-0.3, -0.25) is 0 Å². The van der Waals surface area contributed by atoms with E-state index < -0.39 is 8.60 Å². The van der Waals surface area contributed by atoms with Crippen LogP contribution in [0.1, 0.15) is 5.56 Å². The fraction of sp³-hybridized carbons (Fsp3) is 0.143. The van der Waals surface area contributed by atoms with E-state index in [4.69, 9.17) is 14.9 Å². The summed E-state index contributed by atoms with van der Waals surface area (Å²) >= 11 is 0. The van der Waals surface area contributed by atoms with Crippen molar-refractivity contribution < 1.29 is 24.5 Å². The van der Waals surface area contributed by atoms with Gasteiger partial charge in [0.1, 0.15) is 5.75 Å². The summed E-state index contributed by atoms with van der Waals surface area (Å²) in [6.45, 7) is 1.56. The van der Waals surface area contributed by atoms with Crippen molar-refractivity contribution in [3.63, 3.8) is 0 Å². The first-order valence-corrected chi connectivity index (χ1v) is 4.55. The highest BCUT2D eigenvalue weighted by Crippen LogP contribution is 2.40. The molecule has 0 saturated heterocycles. The van der Waals surface area contributed by atoms with Gasteiger partial charge in [0.25, 0.3) is 0 Å². The van der Waals surface area contributed by atoms with Crippen molar-refractivity contribution in [1.82, 2.24) is 0 Å². The minimum atomic E-state index is -2.56. The molecule has 0 amide bonds. The number of rotatable bonds is 2. The van der Waals surface area contributed by atoms with Gasteiger partial charge in [-0.1, -0.05) is 0 Å². The minimum Gasteiger partial charge on any atom is -0.508 e. The van der Waals surface area contributed by atoms with Gasteiger partial charge in [-0.25, -0.2) is 0 Å². The molecule has 0 spiro atoms. The van der Waals surface area contributed by atoms with E-state index in [0.717, 1.165) is 6.07 Å². The van der Waals surface area contributed by atoms with Gasteiger partial charge < -0.3 is 24.5 Å². The van der Waals surface area contributed by atoms with Gasteiger partial charge >= 0.3 is 8.60 Å². The Morgan fingerprint density at radius 3 is 2.31 bits per heavy atom. The highest BCUT2D eigenvalue weighted by Gasteiger charge is 2.12. The summed E-state index contributed by atoms with van der Waals surface area (Å²) in [5.41, 5.74) is 0.424. The van der Waals surface area contributed by atoms with Crippen molar-refractivity contribution in [3.05, 3.63) is 17.7 Å². The summed E-state index contributed by atoms with van der Waals surface area (Å²) in [5, 5.41) is 18.2. The van der Waals surface area contributed by atoms with E-state index in [0.29, 0.717) is 5.56 Å². The summed E-state index contributed by atoms with van der Waals surface area (Å²) in [4.78, 5) is 17.1. The van der Waals surface area contributed by atoms with Crippen molar-refractivity contribution in [2.75, 3.05) is 0 Å². The van der Waals surface area contributed by atoms with Crippen LogP contribution in [0.4, 0.5) is 0 Å². The number of phenolic OH excluding ortho intramolecular Hbond substituents is 2. The lowest BCUT2D eigenvalue weighted by molar-refractivity contribution is 0.357. The van der Waals surface area contributed by atoms with Gasteiger partial charge in [0, 0.05) is 6.07 Å². The quantitative estimate of drug-likeness (QED) is 0.539. The second-order valence-corrected chi connectivity index (χ2v) is 3.14. The van der Waals surface area contributed by atoms with Gasteiger partial charge in [0.15, 0.2) is 11.5 Å². The van der Waals surface area contributed by atoms with Gasteiger partial charge in [0.2, 0.25) is 0 Å². The first kappa shape index (κ1) is 10.1. The molecular weight excluding hydrogens is 195 g/mol. The van der Waals surface area contributed by atoms with Crippen molar-refractivity contribution in [3.8, 4) is 17.2 Å². The molecule has 0 heterocycles. The standard InChI is InChI=1S/C7H9O5P/c1-4-2-5(8)3-6(9)7(4)12-13(10)11/h2-3,8-11H,1H3. The van der Waals surface area contributed by atoms with Crippen molar-refractivity contribution in [2.24, 2.45) is 0 Å². The number of hydrogen-bond acceptors (Lipinski definition) is 5. The number of benzene rings is 1. The lowest BCUT2D eigenvalue weighted by atomic mass is 10.2. The van der Waals surface area contributed by atoms with E-state index in [2.05, 4.69) is 4.52 Å². The Bertz CT molecular complexity index is 289. The molecule has 0 aliphatic heterocycles. The molecule has 6 heteroatoms. The zero-order chi connectivity index (χ0) is 10.0. The normalized spacial score (nSPS) is 10.5. The van der Waals surface area contributed by atoms with Crippen LogP contribution in [-0.2, 0) is 0 Å². The summed E-state index contributed by atoms with van der Waals surface area (Å²) in [5.74, 6) is -0.468. The molecule has 4 N–H and O–H groups in total. The fourth-order valence-electron chi connectivity index (χ4n) is 0.937. The number of aromatic hydroxyl groups is 2. The van der Waals surface area contributed by atoms with Crippen LogP contribution in [0.3, 0.4) is 0 Å². The molecule has 1 rings (SSSR count).